The van der Waals surface area contributed by atoms with Gasteiger partial charge in [-0.05, 0) is 47.1 Å². The lowest BCUT2D eigenvalue weighted by Crippen LogP contribution is -2.29. The van der Waals surface area contributed by atoms with E-state index in [1.165, 1.54) is 16.7 Å². The van der Waals surface area contributed by atoms with Gasteiger partial charge in [-0.2, -0.15) is 5.10 Å². The average molecular weight is 382 g/mol. The first-order chi connectivity index (χ1) is 11.5. The molecule has 0 radical (unpaired) electrons. The topological polar surface area (TPSA) is 75.4 Å². The van der Waals surface area contributed by atoms with Crippen LogP contribution in [0.25, 0.3) is 6.08 Å². The van der Waals surface area contributed by atoms with E-state index in [1.54, 1.807) is 0 Å². The number of thioether (sulfide) groups is 1. The fourth-order valence-electron chi connectivity index (χ4n) is 2.73. The Morgan fingerprint density at radius 3 is 2.52 bits per heavy atom. The van der Waals surface area contributed by atoms with Crippen molar-refractivity contribution in [2.24, 2.45) is 0 Å². The minimum absolute atomic E-state index is 0.0205. The second kappa shape index (κ2) is 7.29. The third-order valence-corrected chi connectivity index (χ3v) is 5.28. The highest BCUT2D eigenvalue weighted by atomic mass is 32.2. The van der Waals surface area contributed by atoms with Crippen molar-refractivity contribution < 1.29 is 14.7 Å². The van der Waals surface area contributed by atoms with E-state index < -0.39 is 5.97 Å². The first-order valence-corrected chi connectivity index (χ1v) is 9.28. The standard InChI is InChI=1S/C17H23N3O3S2/c1-10-12(11(2)20(18-10)17(3,4)5)9-13-15(23)19(16(24)25-13)8-6-7-14(21)22/h9H,6-8H2,1-5H3,(H,21,22)/b13-9-. The molecule has 1 aliphatic heterocycles. The molecular weight excluding hydrogens is 358 g/mol. The molecule has 0 atom stereocenters. The molecule has 0 saturated carbocycles. The van der Waals surface area contributed by atoms with Crippen molar-refractivity contribution in [2.75, 3.05) is 6.54 Å². The van der Waals surface area contributed by atoms with Crippen LogP contribution in [0.15, 0.2) is 4.91 Å². The van der Waals surface area contributed by atoms with Gasteiger partial charge in [0.1, 0.15) is 4.32 Å². The molecule has 2 heterocycles. The van der Waals surface area contributed by atoms with Crippen LogP contribution in [-0.2, 0) is 15.1 Å². The lowest BCUT2D eigenvalue weighted by molar-refractivity contribution is -0.137. The minimum Gasteiger partial charge on any atom is -0.481 e. The van der Waals surface area contributed by atoms with Gasteiger partial charge < -0.3 is 5.11 Å². The van der Waals surface area contributed by atoms with Gasteiger partial charge in [-0.15, -0.1) is 0 Å². The maximum atomic E-state index is 12.6. The number of hydrogen-bond donors (Lipinski definition) is 1. The molecule has 6 nitrogen and oxygen atoms in total. The highest BCUT2D eigenvalue weighted by molar-refractivity contribution is 8.26. The van der Waals surface area contributed by atoms with Crippen LogP contribution < -0.4 is 0 Å². The van der Waals surface area contributed by atoms with Crippen molar-refractivity contribution in [1.82, 2.24) is 14.7 Å². The first-order valence-electron chi connectivity index (χ1n) is 8.06. The number of aliphatic carboxylic acids is 1. The van der Waals surface area contributed by atoms with Gasteiger partial charge in [-0.1, -0.05) is 24.0 Å². The molecule has 1 saturated heterocycles. The number of aryl methyl sites for hydroxylation is 1. The lowest BCUT2D eigenvalue weighted by atomic mass is 10.1. The Morgan fingerprint density at radius 2 is 2.00 bits per heavy atom. The van der Waals surface area contributed by atoms with Gasteiger partial charge in [0.2, 0.25) is 0 Å². The number of thiocarbonyl (C=S) groups is 1. The molecule has 25 heavy (non-hydrogen) atoms. The molecule has 1 fully saturated rings. The van der Waals surface area contributed by atoms with Crippen LogP contribution in [0, 0.1) is 13.8 Å². The molecule has 0 aromatic carbocycles. The van der Waals surface area contributed by atoms with E-state index in [9.17, 15) is 9.59 Å². The molecule has 1 aromatic heterocycles. The normalized spacial score (nSPS) is 17.0. The number of carbonyl (C=O) groups is 2. The van der Waals surface area contributed by atoms with E-state index in [0.29, 0.717) is 22.2 Å². The third kappa shape index (κ3) is 4.30. The third-order valence-electron chi connectivity index (χ3n) is 3.90. The summed E-state index contributed by atoms with van der Waals surface area (Å²) < 4.78 is 2.43. The van der Waals surface area contributed by atoms with E-state index in [0.717, 1.165) is 17.0 Å². The fraction of sp³-hybridized carbons (Fsp3) is 0.529. The minimum atomic E-state index is -0.873. The maximum Gasteiger partial charge on any atom is 0.303 e. The highest BCUT2D eigenvalue weighted by Gasteiger charge is 2.32. The number of carboxylic acids is 1. The SMILES string of the molecule is Cc1nn(C(C)(C)C)c(C)c1/C=C1\SC(=S)N(CCCC(=O)O)C1=O. The predicted molar refractivity (Wildman–Crippen MR) is 103 cm³/mol. The Bertz CT molecular complexity index is 760. The molecule has 2 rings (SSSR count). The van der Waals surface area contributed by atoms with Crippen molar-refractivity contribution in [3.63, 3.8) is 0 Å². The number of amides is 1. The van der Waals surface area contributed by atoms with Crippen LogP contribution >= 0.6 is 24.0 Å². The van der Waals surface area contributed by atoms with Crippen molar-refractivity contribution in [2.45, 2.75) is 53.0 Å². The summed E-state index contributed by atoms with van der Waals surface area (Å²) in [7, 11) is 0. The van der Waals surface area contributed by atoms with Crippen molar-refractivity contribution in [1.29, 1.82) is 0 Å². The predicted octanol–water partition coefficient (Wildman–Crippen LogP) is 3.32. The fourth-order valence-corrected chi connectivity index (χ4v) is 4.02. The van der Waals surface area contributed by atoms with Crippen LogP contribution in [-0.4, -0.2) is 42.5 Å². The van der Waals surface area contributed by atoms with Gasteiger partial charge in [0.15, 0.2) is 0 Å². The first kappa shape index (κ1) is 19.7. The van der Waals surface area contributed by atoms with E-state index in [-0.39, 0.29) is 17.9 Å². The summed E-state index contributed by atoms with van der Waals surface area (Å²) in [4.78, 5) is 25.3. The summed E-state index contributed by atoms with van der Waals surface area (Å²) in [5, 5.41) is 13.3. The summed E-state index contributed by atoms with van der Waals surface area (Å²) in [6, 6.07) is 0. The summed E-state index contributed by atoms with van der Waals surface area (Å²) in [6.07, 6.45) is 2.25. The Balaban J connectivity index is 2.25. The molecule has 1 aliphatic rings. The molecule has 1 aromatic rings. The molecule has 0 spiro atoms. The summed E-state index contributed by atoms with van der Waals surface area (Å²) >= 11 is 6.53. The lowest BCUT2D eigenvalue weighted by Gasteiger charge is -2.21. The Hall–Kier alpha value is -1.67. The number of hydrogen-bond acceptors (Lipinski definition) is 5. The van der Waals surface area contributed by atoms with Crippen LogP contribution in [0.1, 0.15) is 50.6 Å². The van der Waals surface area contributed by atoms with Crippen LogP contribution in [0.5, 0.6) is 0 Å². The molecule has 136 valence electrons. The van der Waals surface area contributed by atoms with Gasteiger partial charge in [0, 0.05) is 24.2 Å². The van der Waals surface area contributed by atoms with Crippen molar-refractivity contribution >= 4 is 46.3 Å². The van der Waals surface area contributed by atoms with E-state index in [1.807, 2.05) is 24.6 Å². The maximum absolute atomic E-state index is 12.6. The number of aromatic nitrogens is 2. The highest BCUT2D eigenvalue weighted by Crippen LogP contribution is 2.34. The Kier molecular flexibility index (Phi) is 5.73. The van der Waals surface area contributed by atoms with Crippen LogP contribution in [0.3, 0.4) is 0 Å². The van der Waals surface area contributed by atoms with Gasteiger partial charge in [-0.3, -0.25) is 19.2 Å². The monoisotopic (exact) mass is 381 g/mol. The molecule has 0 bridgehead atoms. The summed E-state index contributed by atoms with van der Waals surface area (Å²) in [5.41, 5.74) is 2.65. The van der Waals surface area contributed by atoms with E-state index in [2.05, 4.69) is 25.9 Å². The number of nitrogens with zero attached hydrogens (tertiary/aromatic N) is 3. The molecule has 1 N–H and O–H groups in total. The van der Waals surface area contributed by atoms with Gasteiger partial charge >= 0.3 is 5.97 Å². The molecule has 0 aliphatic carbocycles. The van der Waals surface area contributed by atoms with Crippen LogP contribution in [0.2, 0.25) is 0 Å². The molecule has 8 heteroatoms. The second-order valence-electron chi connectivity index (χ2n) is 7.00. The van der Waals surface area contributed by atoms with Gasteiger partial charge in [0.25, 0.3) is 5.91 Å². The zero-order valence-electron chi connectivity index (χ0n) is 15.1. The molecule has 0 unspecified atom stereocenters. The molecular formula is C17H23N3O3S2. The van der Waals surface area contributed by atoms with E-state index >= 15 is 0 Å². The summed E-state index contributed by atoms with van der Waals surface area (Å²) in [6.45, 7) is 10.5. The number of carbonyl (C=O) groups excluding carboxylic acids is 1. The number of carboxylic acid groups (broad SMARTS) is 1. The zero-order chi connectivity index (χ0) is 18.9. The quantitative estimate of drug-likeness (QED) is 0.623. The van der Waals surface area contributed by atoms with Crippen molar-refractivity contribution in [3.05, 3.63) is 21.9 Å². The van der Waals surface area contributed by atoms with E-state index in [4.69, 9.17) is 17.3 Å². The molecule has 1 amide bonds. The van der Waals surface area contributed by atoms with Gasteiger partial charge in [-0.25, -0.2) is 0 Å². The van der Waals surface area contributed by atoms with Crippen molar-refractivity contribution in [3.8, 4) is 0 Å². The second-order valence-corrected chi connectivity index (χ2v) is 8.67. The Morgan fingerprint density at radius 1 is 1.36 bits per heavy atom. The largest absolute Gasteiger partial charge is 0.481 e. The summed E-state index contributed by atoms with van der Waals surface area (Å²) in [5.74, 6) is -1.04. The zero-order valence-corrected chi connectivity index (χ0v) is 16.8. The van der Waals surface area contributed by atoms with Crippen LogP contribution in [0.4, 0.5) is 0 Å². The Labute approximate surface area is 157 Å². The average Bonchev–Trinajstić information content (AvgIpc) is 2.91. The van der Waals surface area contributed by atoms with Gasteiger partial charge in [0.05, 0.1) is 16.1 Å². The number of rotatable bonds is 5. The smallest absolute Gasteiger partial charge is 0.303 e.